The molecule has 1 aromatic heterocycles. The van der Waals surface area contributed by atoms with Crippen LogP contribution in [0.2, 0.25) is 0 Å². The van der Waals surface area contributed by atoms with Gasteiger partial charge in [-0.1, -0.05) is 0 Å². The van der Waals surface area contributed by atoms with Crippen LogP contribution < -0.4 is 0 Å². The molecule has 47 heavy (non-hydrogen) atoms. The Balaban J connectivity index is 1.71. The van der Waals surface area contributed by atoms with Crippen molar-refractivity contribution in [1.29, 1.82) is 0 Å². The summed E-state index contributed by atoms with van der Waals surface area (Å²) in [4.78, 5) is 14.0. The standard InChI is InChI=1S/C27H36N2.C15H9OS.Au/c1-18(2)22-11-9-12-23(19(3)4)26(22)28-15-16-29(17-28)27-24(20(5)6)13-10-14-25(27)21(7)8;1-2-12-7-6-8-13(11-12)15(16)17-14-9-4-3-5-10-14;/h9-16,18-21H,1-8H3;3-11H;. The molecule has 0 spiro atoms. The number of nitrogens with zero attached hydrogens (tertiary/aromatic N) is 2. The van der Waals surface area contributed by atoms with Gasteiger partial charge in [-0.2, -0.15) is 0 Å². The number of rotatable bonds is 8. The number of benzene rings is 4. The van der Waals surface area contributed by atoms with E-state index in [0.717, 1.165) is 10.5 Å². The molecule has 0 unspecified atom stereocenters. The molecule has 4 aromatic carbocycles. The van der Waals surface area contributed by atoms with Crippen molar-refractivity contribution >= 4 is 16.9 Å². The van der Waals surface area contributed by atoms with Crippen LogP contribution in [0.25, 0.3) is 11.4 Å². The van der Waals surface area contributed by atoms with Gasteiger partial charge in [0, 0.05) is 0 Å². The fourth-order valence-corrected chi connectivity index (χ4v) is 8.58. The molecule has 0 aliphatic carbocycles. The van der Waals surface area contributed by atoms with Crippen LogP contribution in [0.3, 0.4) is 0 Å². The van der Waals surface area contributed by atoms with Crippen LogP contribution >= 0.6 is 11.8 Å². The van der Waals surface area contributed by atoms with Crippen molar-refractivity contribution in [2.75, 3.05) is 0 Å². The number of hydrogen-bond acceptors (Lipinski definition) is 2. The summed E-state index contributed by atoms with van der Waals surface area (Å²) in [6, 6.07) is 31.1. The molecule has 0 atom stereocenters. The average molecular weight is 823 g/mol. The maximum absolute atomic E-state index is 13.1. The second-order valence-electron chi connectivity index (χ2n) is 13.0. The van der Waals surface area contributed by atoms with Crippen LogP contribution in [-0.4, -0.2) is 14.2 Å². The second-order valence-corrected chi connectivity index (χ2v) is 16.1. The van der Waals surface area contributed by atoms with Crippen molar-refractivity contribution in [1.82, 2.24) is 9.13 Å². The monoisotopic (exact) mass is 822 g/mol. The Bertz CT molecular complexity index is 1870. The Kier molecular flexibility index (Phi) is 11.5. The minimum atomic E-state index is -0.625. The number of aromatic nitrogens is 2. The van der Waals surface area contributed by atoms with E-state index in [9.17, 15) is 4.79 Å². The summed E-state index contributed by atoms with van der Waals surface area (Å²) >= 11 is 0.628. The van der Waals surface area contributed by atoms with Crippen molar-refractivity contribution in [3.8, 4) is 21.4 Å². The van der Waals surface area contributed by atoms with Gasteiger partial charge in [-0.15, -0.1) is 0 Å². The molecule has 0 fully saturated rings. The van der Waals surface area contributed by atoms with Gasteiger partial charge in [0.05, 0.1) is 0 Å². The quantitative estimate of drug-likeness (QED) is 0.0886. The van der Waals surface area contributed by atoms with Gasteiger partial charge in [0.15, 0.2) is 0 Å². The maximum atomic E-state index is 13.1. The van der Waals surface area contributed by atoms with Crippen LogP contribution in [0.1, 0.15) is 117 Å². The summed E-state index contributed by atoms with van der Waals surface area (Å²) in [5.41, 5.74) is 9.47. The van der Waals surface area contributed by atoms with E-state index in [1.54, 1.807) is 0 Å². The molecule has 5 aromatic rings. The van der Waals surface area contributed by atoms with Gasteiger partial charge in [0.2, 0.25) is 0 Å². The molecule has 5 rings (SSSR count). The zero-order valence-electron chi connectivity index (χ0n) is 28.6. The van der Waals surface area contributed by atoms with Crippen molar-refractivity contribution in [3.63, 3.8) is 0 Å². The van der Waals surface area contributed by atoms with Crippen molar-refractivity contribution < 1.29 is 24.1 Å². The molecule has 0 saturated carbocycles. The fraction of sp³-hybridized carbons (Fsp3) is 0.286. The predicted octanol–water partition coefficient (Wildman–Crippen LogP) is 11.3. The molecular formula is C42H45AuN2OS. The summed E-state index contributed by atoms with van der Waals surface area (Å²) in [5.74, 6) is 4.95. The zero-order valence-corrected chi connectivity index (χ0v) is 31.6. The van der Waals surface area contributed by atoms with E-state index in [0.29, 0.717) is 29.2 Å². The SMILES string of the molecule is CC(C)c1cccc(C(C)C)c1-n1ccn(-c2c(C(C)C)cccc2C(C)C)[c]1=[Au][C]#Cc1cccc(C(=O)Sc2ccccc2)c1. The van der Waals surface area contributed by atoms with Crippen LogP contribution in [0, 0.1) is 13.7 Å². The van der Waals surface area contributed by atoms with Crippen molar-refractivity contribution in [2.24, 2.45) is 0 Å². The Labute approximate surface area is 294 Å². The fourth-order valence-electron chi connectivity index (χ4n) is 5.80. The molecule has 0 aliphatic rings. The van der Waals surface area contributed by atoms with Crippen molar-refractivity contribution in [3.05, 3.63) is 140 Å². The van der Waals surface area contributed by atoms with Gasteiger partial charge in [-0.05, 0) is 0 Å². The van der Waals surface area contributed by atoms with Crippen molar-refractivity contribution in [2.45, 2.75) is 84.0 Å². The van der Waals surface area contributed by atoms with Gasteiger partial charge < -0.3 is 0 Å². The minimum absolute atomic E-state index is 0.0261. The third-order valence-corrected chi connectivity index (χ3v) is 11.2. The molecular weight excluding hydrogens is 778 g/mol. The van der Waals surface area contributed by atoms with E-state index in [1.807, 2.05) is 54.6 Å². The molecule has 3 nitrogen and oxygen atoms in total. The van der Waals surface area contributed by atoms with Crippen LogP contribution in [0.4, 0.5) is 0 Å². The van der Waals surface area contributed by atoms with Gasteiger partial charge in [-0.3, -0.25) is 0 Å². The Hall–Kier alpha value is -3.59. The third-order valence-electron chi connectivity index (χ3n) is 8.23. The first-order valence-electron chi connectivity index (χ1n) is 16.4. The normalized spacial score (nSPS) is 11.5. The summed E-state index contributed by atoms with van der Waals surface area (Å²) < 4.78 is 9.70. The van der Waals surface area contributed by atoms with E-state index in [1.165, 1.54) is 49.0 Å². The molecule has 0 N–H and O–H groups in total. The molecule has 0 bridgehead atoms. The summed E-state index contributed by atoms with van der Waals surface area (Å²) in [5, 5.41) is 0.0261. The number of hydrogen-bond donors (Lipinski definition) is 0. The van der Waals surface area contributed by atoms with Crippen LogP contribution in [0.15, 0.2) is 108 Å². The van der Waals surface area contributed by atoms with E-state index < -0.39 is 19.3 Å². The van der Waals surface area contributed by atoms with E-state index in [4.69, 9.17) is 0 Å². The first-order valence-corrected chi connectivity index (χ1v) is 19.4. The van der Waals surface area contributed by atoms with Gasteiger partial charge >= 0.3 is 296 Å². The summed E-state index contributed by atoms with van der Waals surface area (Å²) in [6.45, 7) is 18.2. The predicted molar refractivity (Wildman–Crippen MR) is 195 cm³/mol. The number of para-hydroxylation sites is 2. The van der Waals surface area contributed by atoms with Crippen LogP contribution in [0.5, 0.6) is 0 Å². The zero-order chi connectivity index (χ0) is 33.7. The first-order chi connectivity index (χ1) is 22.6. The van der Waals surface area contributed by atoms with Gasteiger partial charge in [0.25, 0.3) is 0 Å². The molecule has 0 radical (unpaired) electrons. The molecule has 0 aliphatic heterocycles. The van der Waals surface area contributed by atoms with Gasteiger partial charge in [-0.25, -0.2) is 0 Å². The van der Waals surface area contributed by atoms with E-state index >= 15 is 0 Å². The molecule has 1 heterocycles. The van der Waals surface area contributed by atoms with Gasteiger partial charge in [0.1, 0.15) is 0 Å². The molecule has 5 heteroatoms. The van der Waals surface area contributed by atoms with Crippen LogP contribution in [-0.2, 0) is 19.3 Å². The average Bonchev–Trinajstić information content (AvgIpc) is 3.47. The number of carbonyl (C=O) groups is 1. The molecule has 246 valence electrons. The number of imidazole rings is 1. The Morgan fingerprint density at radius 1 is 0.617 bits per heavy atom. The van der Waals surface area contributed by atoms with E-state index in [2.05, 4.69) is 123 Å². The first kappa shape index (κ1) is 34.7. The molecule has 0 saturated heterocycles. The summed E-state index contributed by atoms with van der Waals surface area (Å²) in [7, 11) is 0. The molecule has 0 amide bonds. The summed E-state index contributed by atoms with van der Waals surface area (Å²) in [6.07, 6.45) is 4.50. The topological polar surface area (TPSA) is 26.9 Å². The number of carbonyl (C=O) groups excluding carboxylic acids is 1. The number of thioether (sulfide) groups is 1. The Morgan fingerprint density at radius 2 is 1.09 bits per heavy atom. The Morgan fingerprint density at radius 3 is 1.55 bits per heavy atom. The van der Waals surface area contributed by atoms with E-state index in [-0.39, 0.29) is 5.12 Å². The second kappa shape index (κ2) is 15.5. The third kappa shape index (κ3) is 7.94.